The van der Waals surface area contributed by atoms with E-state index in [0.717, 1.165) is 10.9 Å². The number of carboxylic acids is 1. The molecule has 0 spiro atoms. The van der Waals surface area contributed by atoms with Gasteiger partial charge in [-0.05, 0) is 154 Å². The molecule has 564 valence electrons. The van der Waals surface area contributed by atoms with E-state index in [1.54, 1.807) is 60.6 Å². The molecule has 2 aromatic heterocycles. The van der Waals surface area contributed by atoms with Crippen LogP contribution in [0.4, 0.5) is 32.3 Å². The number of amides is 9. The molecule has 3 aliphatic heterocycles. The van der Waals surface area contributed by atoms with Crippen LogP contribution in [0, 0.1) is 17.8 Å². The molecule has 1 unspecified atom stereocenters. The summed E-state index contributed by atoms with van der Waals surface area (Å²) in [7, 11) is -4.21. The van der Waals surface area contributed by atoms with E-state index in [1.165, 1.54) is 55.5 Å². The average molecular weight is 1500 g/mol. The first-order chi connectivity index (χ1) is 50.4. The highest BCUT2D eigenvalue weighted by atomic mass is 32.2. The second-order valence-corrected chi connectivity index (χ2v) is 29.6. The lowest BCUT2D eigenvalue weighted by molar-refractivity contribution is -0.191. The molecule has 7 atom stereocenters. The first kappa shape index (κ1) is 79.1. The van der Waals surface area contributed by atoms with Crippen molar-refractivity contribution < 1.29 is 70.9 Å². The van der Waals surface area contributed by atoms with Gasteiger partial charge in [-0.3, -0.25) is 38.3 Å². The third kappa shape index (κ3) is 19.5. The smallest absolute Gasteiger partial charge is 0.355 e. The predicted molar refractivity (Wildman–Crippen MR) is 399 cm³/mol. The van der Waals surface area contributed by atoms with Crippen LogP contribution in [0.15, 0.2) is 119 Å². The van der Waals surface area contributed by atoms with E-state index in [1.807, 2.05) is 65.0 Å². The normalized spacial score (nSPS) is 16.5. The standard InChI is InChI=1S/C74H90N14O16S2/c1-10-28-75-71(99)79-49-19-15-21-51(34-49)106(101,102)86-50-20-14-18-45(33-50)55(36-61(90)91)84-72(100)78-47-24-26-48(27-25-47)80-73(105)87-29-16-23-58(87)67(95)83-56(30-40(3)4)65(93)76-37-60(89)81-57(31-41(5)6)66(94)77-43(9)64(92)85-62(42(7)8)69(97)104-74(11-2)53-35-59-63-46(32-44-17-12-13-22-54(44)82-63)38-88(59)68(96)52(53)39-103-70(74)98/h12-15,17-22,24-27,32-35,40-43,55-58,62,86H,10-11,16,23,28-31,36-39H2,1-9H3,(H,76,93)(H,77,94)(H,80,105)(H,81,89)(H,83,95)(H,85,92)(H,90,91)(H2,75,79,99)(H2,78,84,100)/t43-,55?,56-,57-,58-,62-,74-/m0/s1. The number of carbonyl (C=O) groups is 10. The first-order valence-electron chi connectivity index (χ1n) is 35.2. The van der Waals surface area contributed by atoms with E-state index >= 15 is 0 Å². The lowest BCUT2D eigenvalue weighted by Crippen LogP contribution is -2.58. The molecule has 5 heterocycles. The fourth-order valence-corrected chi connectivity index (χ4v) is 14.2. The average Bonchev–Trinajstić information content (AvgIpc) is 1.47. The topological polar surface area (TPSA) is 414 Å². The van der Waals surface area contributed by atoms with Gasteiger partial charge in [-0.2, -0.15) is 0 Å². The van der Waals surface area contributed by atoms with Gasteiger partial charge in [0.15, 0.2) is 5.11 Å². The monoisotopic (exact) mass is 1490 g/mol. The lowest BCUT2D eigenvalue weighted by Gasteiger charge is -2.37. The number of anilines is 4. The third-order valence-electron chi connectivity index (χ3n) is 18.1. The Morgan fingerprint density at radius 2 is 1.39 bits per heavy atom. The number of nitrogens with zero attached hydrogens (tertiary/aromatic N) is 3. The van der Waals surface area contributed by atoms with Gasteiger partial charge in [0, 0.05) is 52.4 Å². The highest BCUT2D eigenvalue weighted by Gasteiger charge is 2.52. The zero-order valence-electron chi connectivity index (χ0n) is 60.3. The summed E-state index contributed by atoms with van der Waals surface area (Å²) in [6.07, 6.45) is 1.27. The van der Waals surface area contributed by atoms with Gasteiger partial charge in [0.1, 0.15) is 36.8 Å². The van der Waals surface area contributed by atoms with Crippen LogP contribution in [0.25, 0.3) is 22.3 Å². The Morgan fingerprint density at radius 3 is 2.07 bits per heavy atom. The molecule has 1 saturated heterocycles. The van der Waals surface area contributed by atoms with Crippen molar-refractivity contribution in [2.24, 2.45) is 17.8 Å². The number of benzene rings is 4. The van der Waals surface area contributed by atoms with Gasteiger partial charge in [0.25, 0.3) is 15.6 Å². The van der Waals surface area contributed by atoms with Gasteiger partial charge in [0.05, 0.1) is 52.9 Å². The summed E-state index contributed by atoms with van der Waals surface area (Å²) in [5.74, 6) is -7.48. The molecule has 6 aromatic rings. The van der Waals surface area contributed by atoms with Crippen molar-refractivity contribution in [3.63, 3.8) is 0 Å². The van der Waals surface area contributed by atoms with Gasteiger partial charge < -0.3 is 77.2 Å². The Morgan fingerprint density at radius 1 is 0.717 bits per heavy atom. The van der Waals surface area contributed by atoms with Crippen LogP contribution in [0.5, 0.6) is 0 Å². The molecular weight excluding hydrogens is 1410 g/mol. The number of thiocarbonyl (C=S) groups is 1. The minimum Gasteiger partial charge on any atom is -0.481 e. The molecule has 106 heavy (non-hydrogen) atoms. The molecule has 32 heteroatoms. The Balaban J connectivity index is 0.753. The molecule has 0 radical (unpaired) electrons. The van der Waals surface area contributed by atoms with Crippen LogP contribution in [-0.4, -0.2) is 142 Å². The molecule has 0 saturated carbocycles. The highest BCUT2D eigenvalue weighted by Crippen LogP contribution is 2.42. The summed E-state index contributed by atoms with van der Waals surface area (Å²) in [4.78, 5) is 156. The summed E-state index contributed by atoms with van der Waals surface area (Å²) in [5, 5.41) is 37.9. The molecule has 0 aliphatic carbocycles. The summed E-state index contributed by atoms with van der Waals surface area (Å²) < 4.78 is 42.6. The van der Waals surface area contributed by atoms with Crippen molar-refractivity contribution in [1.82, 2.24) is 51.7 Å². The van der Waals surface area contributed by atoms with Crippen molar-refractivity contribution >= 4 is 121 Å². The number of fused-ring (bicyclic) bond motifs is 5. The van der Waals surface area contributed by atoms with Crippen LogP contribution in [0.1, 0.15) is 136 Å². The van der Waals surface area contributed by atoms with Crippen LogP contribution < -0.4 is 63.4 Å². The lowest BCUT2D eigenvalue weighted by atomic mass is 9.85. The highest BCUT2D eigenvalue weighted by molar-refractivity contribution is 7.92. The van der Waals surface area contributed by atoms with Crippen molar-refractivity contribution in [3.8, 4) is 11.4 Å². The number of ether oxygens (including phenoxy) is 2. The zero-order chi connectivity index (χ0) is 76.9. The van der Waals surface area contributed by atoms with E-state index < -0.39 is 136 Å². The van der Waals surface area contributed by atoms with Crippen molar-refractivity contribution in [2.75, 3.05) is 40.3 Å². The molecule has 3 aliphatic rings. The molecule has 30 nitrogen and oxygen atoms in total. The molecule has 12 N–H and O–H groups in total. The molecule has 9 rings (SSSR count). The number of cyclic esters (lactones) is 1. The summed E-state index contributed by atoms with van der Waals surface area (Å²) in [6.45, 7) is 15.6. The van der Waals surface area contributed by atoms with E-state index in [-0.39, 0.29) is 82.3 Å². The van der Waals surface area contributed by atoms with Crippen molar-refractivity contribution in [1.29, 1.82) is 0 Å². The quantitative estimate of drug-likeness (QED) is 0.0159. The summed E-state index contributed by atoms with van der Waals surface area (Å²) in [5.41, 5.74) is 1.64. The SMILES string of the molecule is CCCNC(=O)Nc1cccc(S(=O)(=O)Nc2cccc(C(CC(=O)O)NC(=O)Nc3ccc(NC(=S)N4CCC[C@H]4C(=O)N[C@@H](CC(C)C)C(=O)NCC(=O)N[C@@H](CC(C)C)C(=O)N[C@@H](C)C(=O)N[C@H](C(=O)O[C@]4(CC)C(=O)OCc5c4cc4n(c5=O)Cc5cc6ccccc6nc5-4)C(C)C)cc3)c2)c1. The van der Waals surface area contributed by atoms with Crippen molar-refractivity contribution in [3.05, 3.63) is 142 Å². The number of nitrogens with one attached hydrogen (secondary N) is 11. The Hall–Kier alpha value is -11.0. The minimum atomic E-state index is -4.21. The Kier molecular flexibility index (Phi) is 25.9. The number of hydrogen-bond acceptors (Lipinski definition) is 17. The predicted octanol–water partition coefficient (Wildman–Crippen LogP) is 6.99. The molecular formula is C74H90N14O16S2. The number of esters is 2. The summed E-state index contributed by atoms with van der Waals surface area (Å²) in [6, 6.07) is 20.8. The Bertz CT molecular complexity index is 4550. The maximum Gasteiger partial charge on any atom is 0.355 e. The second-order valence-electron chi connectivity index (χ2n) is 27.5. The largest absolute Gasteiger partial charge is 0.481 e. The second kappa shape index (κ2) is 34.7. The fraction of sp³-hybridized carbons (Fsp3) is 0.419. The number of likely N-dealkylation sites (tertiary alicyclic amines) is 1. The Labute approximate surface area is 618 Å². The minimum absolute atomic E-state index is 0.0754. The maximum atomic E-state index is 14.4. The van der Waals surface area contributed by atoms with E-state index in [9.17, 15) is 66.3 Å². The number of aliphatic carboxylic acids is 1. The van der Waals surface area contributed by atoms with Crippen molar-refractivity contribution in [2.45, 2.75) is 167 Å². The summed E-state index contributed by atoms with van der Waals surface area (Å²) >= 11 is 5.79. The number of carboxylic acid groups (broad SMARTS) is 1. The number of carbonyl (C=O) groups excluding carboxylic acids is 9. The molecule has 1 fully saturated rings. The van der Waals surface area contributed by atoms with E-state index in [2.05, 4.69) is 57.9 Å². The van der Waals surface area contributed by atoms with Crippen LogP contribution >= 0.6 is 12.2 Å². The van der Waals surface area contributed by atoms with Crippen LogP contribution in [0.2, 0.25) is 0 Å². The van der Waals surface area contributed by atoms with Gasteiger partial charge in [-0.1, -0.05) is 91.8 Å². The number of para-hydroxylation sites is 1. The van der Waals surface area contributed by atoms with Gasteiger partial charge in [0.2, 0.25) is 35.1 Å². The number of hydrogen-bond donors (Lipinski definition) is 12. The number of sulfonamides is 1. The first-order valence-corrected chi connectivity index (χ1v) is 37.1. The number of urea groups is 2. The van der Waals surface area contributed by atoms with E-state index in [0.29, 0.717) is 60.6 Å². The molecule has 0 bridgehead atoms. The fourth-order valence-electron chi connectivity index (χ4n) is 12.7. The van der Waals surface area contributed by atoms with E-state index in [4.69, 9.17) is 26.7 Å². The number of aromatic nitrogens is 2. The van der Waals surface area contributed by atoms with Gasteiger partial charge >= 0.3 is 30.0 Å². The number of pyridine rings is 2. The maximum absolute atomic E-state index is 14.4. The number of rotatable bonds is 30. The van der Waals surface area contributed by atoms with Gasteiger partial charge in [-0.15, -0.1) is 0 Å². The molecule has 9 amide bonds. The molecule has 4 aromatic carbocycles. The third-order valence-corrected chi connectivity index (χ3v) is 19.8. The van der Waals surface area contributed by atoms with Gasteiger partial charge in [-0.25, -0.2) is 32.6 Å². The zero-order valence-corrected chi connectivity index (χ0v) is 61.9. The van der Waals surface area contributed by atoms with Crippen LogP contribution in [0.3, 0.4) is 0 Å². The van der Waals surface area contributed by atoms with Crippen LogP contribution in [-0.2, 0) is 76.6 Å².